The normalized spacial score (nSPS) is 12.7. The number of carbonyl (C=O) groups excluding carboxylic acids is 3. The summed E-state index contributed by atoms with van der Waals surface area (Å²) < 4.78 is 48.2. The first kappa shape index (κ1) is 23.3. The first-order valence-electron chi connectivity index (χ1n) is 8.32. The van der Waals surface area contributed by atoms with Crippen molar-refractivity contribution in [2.75, 3.05) is 7.11 Å². The van der Waals surface area contributed by atoms with Crippen LogP contribution in [0, 0.1) is 0 Å². The third-order valence-corrected chi connectivity index (χ3v) is 3.25. The Hall–Kier alpha value is -2.78. The molecule has 1 aromatic rings. The van der Waals surface area contributed by atoms with E-state index in [1.165, 1.54) is 27.9 Å². The molecule has 0 aliphatic rings. The summed E-state index contributed by atoms with van der Waals surface area (Å²) in [4.78, 5) is 35.9. The number of Topliss-reactive ketones (excluding diaryl/α,β-unsaturated/α-hetero) is 1. The fraction of sp³-hybridized carbons (Fsp3) is 0.500. The zero-order valence-corrected chi connectivity index (χ0v) is 16.0. The van der Waals surface area contributed by atoms with Crippen molar-refractivity contribution >= 4 is 17.8 Å². The zero-order chi connectivity index (χ0) is 21.5. The molecule has 0 aliphatic heterocycles. The van der Waals surface area contributed by atoms with Gasteiger partial charge >= 0.3 is 12.3 Å². The lowest BCUT2D eigenvalue weighted by molar-refractivity contribution is -0.152. The smallest absolute Gasteiger partial charge is 0.408 e. The van der Waals surface area contributed by atoms with E-state index in [1.54, 1.807) is 24.3 Å². The van der Waals surface area contributed by atoms with Crippen LogP contribution >= 0.6 is 0 Å². The predicted molar refractivity (Wildman–Crippen MR) is 93.7 cm³/mol. The molecule has 0 bridgehead atoms. The largest absolute Gasteiger partial charge is 0.497 e. The van der Waals surface area contributed by atoms with Crippen LogP contribution in [0.1, 0.15) is 32.8 Å². The van der Waals surface area contributed by atoms with E-state index in [1.807, 2.05) is 5.32 Å². The number of amides is 2. The van der Waals surface area contributed by atoms with Gasteiger partial charge in [-0.3, -0.25) is 9.59 Å². The molecule has 1 unspecified atom stereocenters. The topological polar surface area (TPSA) is 93.7 Å². The molecule has 7 nitrogen and oxygen atoms in total. The SMILES string of the molecule is COc1cccc(CNC(=O)C(=O)C(CC(F)(F)F)NC(=O)OC(C)(C)C)c1. The van der Waals surface area contributed by atoms with Gasteiger partial charge in [-0.05, 0) is 38.5 Å². The van der Waals surface area contributed by atoms with Gasteiger partial charge in [-0.25, -0.2) is 4.79 Å². The molecule has 0 heterocycles. The van der Waals surface area contributed by atoms with Crippen LogP contribution in [-0.4, -0.2) is 42.7 Å². The van der Waals surface area contributed by atoms with Gasteiger partial charge in [0.15, 0.2) is 0 Å². The maximum absolute atomic E-state index is 12.8. The number of methoxy groups -OCH3 is 1. The van der Waals surface area contributed by atoms with Crippen LogP contribution < -0.4 is 15.4 Å². The lowest BCUT2D eigenvalue weighted by Gasteiger charge is -2.23. The summed E-state index contributed by atoms with van der Waals surface area (Å²) in [6.07, 6.45) is -7.70. The van der Waals surface area contributed by atoms with Crippen LogP contribution in [0.25, 0.3) is 0 Å². The molecule has 156 valence electrons. The maximum Gasteiger partial charge on any atom is 0.408 e. The van der Waals surface area contributed by atoms with Crippen molar-refractivity contribution in [1.29, 1.82) is 0 Å². The average molecular weight is 404 g/mol. The average Bonchev–Trinajstić information content (AvgIpc) is 2.55. The first-order chi connectivity index (χ1) is 12.8. The third kappa shape index (κ3) is 8.74. The van der Waals surface area contributed by atoms with Gasteiger partial charge in [0.25, 0.3) is 5.91 Å². The summed E-state index contributed by atoms with van der Waals surface area (Å²) in [6, 6.07) is 4.45. The molecule has 1 aromatic carbocycles. The standard InChI is InChI=1S/C18H23F3N2O5/c1-17(2,3)28-16(26)23-13(9-18(19,20)21)14(24)15(25)22-10-11-6-5-7-12(8-11)27-4/h5-8,13H,9-10H2,1-4H3,(H,22,25)(H,23,26). The highest BCUT2D eigenvalue weighted by Crippen LogP contribution is 2.22. The van der Waals surface area contributed by atoms with E-state index in [0.29, 0.717) is 11.3 Å². The highest BCUT2D eigenvalue weighted by molar-refractivity contribution is 6.38. The van der Waals surface area contributed by atoms with Crippen molar-refractivity contribution in [3.8, 4) is 5.75 Å². The molecule has 2 N–H and O–H groups in total. The zero-order valence-electron chi connectivity index (χ0n) is 16.0. The Labute approximate surface area is 160 Å². The van der Waals surface area contributed by atoms with Gasteiger partial charge in [-0.2, -0.15) is 13.2 Å². The van der Waals surface area contributed by atoms with Gasteiger partial charge in [0.1, 0.15) is 17.4 Å². The Morgan fingerprint density at radius 1 is 1.14 bits per heavy atom. The Morgan fingerprint density at radius 2 is 1.79 bits per heavy atom. The molecule has 10 heteroatoms. The number of ether oxygens (including phenoxy) is 2. The fourth-order valence-corrected chi connectivity index (χ4v) is 2.10. The van der Waals surface area contributed by atoms with Gasteiger partial charge in [-0.15, -0.1) is 0 Å². The second kappa shape index (κ2) is 9.43. The second-order valence-electron chi connectivity index (χ2n) is 6.92. The minimum atomic E-state index is -4.78. The molecule has 0 aromatic heterocycles. The quantitative estimate of drug-likeness (QED) is 0.682. The predicted octanol–water partition coefficient (Wildman–Crippen LogP) is 2.73. The van der Waals surface area contributed by atoms with E-state index >= 15 is 0 Å². The monoisotopic (exact) mass is 404 g/mol. The summed E-state index contributed by atoms with van der Waals surface area (Å²) in [7, 11) is 1.45. The first-order valence-corrected chi connectivity index (χ1v) is 8.32. The number of carbonyl (C=O) groups is 3. The summed E-state index contributed by atoms with van der Waals surface area (Å²) >= 11 is 0. The van der Waals surface area contributed by atoms with E-state index in [2.05, 4.69) is 5.32 Å². The van der Waals surface area contributed by atoms with Crippen LogP contribution in [0.5, 0.6) is 5.75 Å². The van der Waals surface area contributed by atoms with E-state index < -0.39 is 42.0 Å². The van der Waals surface area contributed by atoms with Gasteiger partial charge in [-0.1, -0.05) is 12.1 Å². The highest BCUT2D eigenvalue weighted by atomic mass is 19.4. The van der Waals surface area contributed by atoms with Crippen LogP contribution in [0.2, 0.25) is 0 Å². The maximum atomic E-state index is 12.8. The molecule has 0 saturated heterocycles. The number of nitrogens with one attached hydrogen (secondary N) is 2. The Bertz CT molecular complexity index is 714. The Balaban J connectivity index is 2.80. The minimum absolute atomic E-state index is 0.104. The Kier molecular flexibility index (Phi) is 7.83. The van der Waals surface area contributed by atoms with Crippen molar-refractivity contribution in [1.82, 2.24) is 10.6 Å². The highest BCUT2D eigenvalue weighted by Gasteiger charge is 2.39. The number of ketones is 1. The minimum Gasteiger partial charge on any atom is -0.497 e. The van der Waals surface area contributed by atoms with Crippen LogP contribution in [0.15, 0.2) is 24.3 Å². The van der Waals surface area contributed by atoms with E-state index in [0.717, 1.165) is 0 Å². The van der Waals surface area contributed by atoms with Gasteiger partial charge < -0.3 is 20.1 Å². The molecule has 1 rings (SSSR count). The van der Waals surface area contributed by atoms with Crippen molar-refractivity contribution in [3.05, 3.63) is 29.8 Å². The number of benzene rings is 1. The van der Waals surface area contributed by atoms with Gasteiger partial charge in [0.2, 0.25) is 5.78 Å². The lowest BCUT2D eigenvalue weighted by Crippen LogP contribution is -2.50. The summed E-state index contributed by atoms with van der Waals surface area (Å²) in [5, 5.41) is 4.05. The molecule has 0 fully saturated rings. The van der Waals surface area contributed by atoms with Crippen LogP contribution in [0.3, 0.4) is 0 Å². The molecule has 0 spiro atoms. The molecule has 2 amide bonds. The number of alkyl carbamates (subject to hydrolysis) is 1. The summed E-state index contributed by atoms with van der Waals surface area (Å²) in [5.41, 5.74) is -0.405. The van der Waals surface area contributed by atoms with Crippen LogP contribution in [0.4, 0.5) is 18.0 Å². The molecular weight excluding hydrogens is 381 g/mol. The van der Waals surface area contributed by atoms with Crippen molar-refractivity contribution < 1.29 is 37.0 Å². The van der Waals surface area contributed by atoms with Crippen molar-refractivity contribution in [2.24, 2.45) is 0 Å². The molecule has 0 radical (unpaired) electrons. The number of hydrogen-bond donors (Lipinski definition) is 2. The third-order valence-electron chi connectivity index (χ3n) is 3.25. The molecule has 0 saturated carbocycles. The van der Waals surface area contributed by atoms with Crippen molar-refractivity contribution in [3.63, 3.8) is 0 Å². The van der Waals surface area contributed by atoms with E-state index in [-0.39, 0.29) is 6.54 Å². The molecular formula is C18H23F3N2O5. The molecule has 28 heavy (non-hydrogen) atoms. The summed E-state index contributed by atoms with van der Waals surface area (Å²) in [6.45, 7) is 4.42. The van der Waals surface area contributed by atoms with E-state index in [9.17, 15) is 27.6 Å². The molecule has 0 aliphatic carbocycles. The number of halogens is 3. The molecule has 1 atom stereocenters. The summed E-state index contributed by atoms with van der Waals surface area (Å²) in [5.74, 6) is -2.17. The van der Waals surface area contributed by atoms with Crippen LogP contribution in [-0.2, 0) is 20.9 Å². The number of rotatable bonds is 7. The lowest BCUT2D eigenvalue weighted by atomic mass is 10.1. The fourth-order valence-electron chi connectivity index (χ4n) is 2.10. The number of hydrogen-bond acceptors (Lipinski definition) is 5. The number of alkyl halides is 3. The van der Waals surface area contributed by atoms with Gasteiger partial charge in [0, 0.05) is 6.54 Å². The Morgan fingerprint density at radius 3 is 2.32 bits per heavy atom. The van der Waals surface area contributed by atoms with Gasteiger partial charge in [0.05, 0.1) is 13.5 Å². The van der Waals surface area contributed by atoms with Crippen molar-refractivity contribution in [2.45, 2.75) is 51.6 Å². The second-order valence-corrected chi connectivity index (χ2v) is 6.92. The van der Waals surface area contributed by atoms with E-state index in [4.69, 9.17) is 9.47 Å².